The van der Waals surface area contributed by atoms with Crippen LogP contribution >= 0.6 is 11.6 Å². The van der Waals surface area contributed by atoms with Gasteiger partial charge in [0.2, 0.25) is 10.0 Å². The molecule has 0 unspecified atom stereocenters. The predicted octanol–water partition coefficient (Wildman–Crippen LogP) is 3.18. The summed E-state index contributed by atoms with van der Waals surface area (Å²) < 4.78 is 33.3. The highest BCUT2D eigenvalue weighted by atomic mass is 35.5. The number of benzene rings is 2. The molecule has 0 amide bonds. The Hall–Kier alpha value is -1.76. The third-order valence-corrected chi connectivity index (χ3v) is 3.80. The van der Waals surface area contributed by atoms with Gasteiger partial charge in [-0.25, -0.2) is 13.6 Å². The number of hydrogen-bond donors (Lipinski definition) is 1. The number of primary sulfonamides is 1. The molecule has 0 saturated carbocycles. The fourth-order valence-corrected chi connectivity index (χ4v) is 2.46. The third kappa shape index (κ3) is 4.10. The number of halogens is 1. The SMILES string of the molecule is CCOc1ccc(Oc2ccc(S(N)(=O)=O)cc2Cl)cc1. The van der Waals surface area contributed by atoms with Crippen LogP contribution in [0.2, 0.25) is 5.02 Å². The van der Waals surface area contributed by atoms with Crippen molar-refractivity contribution < 1.29 is 17.9 Å². The van der Waals surface area contributed by atoms with Crippen LogP contribution in [0.3, 0.4) is 0 Å². The zero-order valence-electron chi connectivity index (χ0n) is 11.2. The quantitative estimate of drug-likeness (QED) is 0.914. The summed E-state index contributed by atoms with van der Waals surface area (Å²) in [7, 11) is -3.78. The Bertz CT molecular complexity index is 729. The molecule has 0 aliphatic heterocycles. The highest BCUT2D eigenvalue weighted by Gasteiger charge is 2.11. The van der Waals surface area contributed by atoms with Gasteiger partial charge in [-0.15, -0.1) is 0 Å². The van der Waals surface area contributed by atoms with Gasteiger partial charge in [0.25, 0.3) is 0 Å². The van der Waals surface area contributed by atoms with E-state index in [1.165, 1.54) is 18.2 Å². The standard InChI is InChI=1S/C14H14ClNO4S/c1-2-19-10-3-5-11(6-4-10)20-14-8-7-12(9-13(14)15)21(16,17)18/h3-9H,2H2,1H3,(H2,16,17,18). The molecule has 0 aliphatic carbocycles. The van der Waals surface area contributed by atoms with Crippen molar-refractivity contribution in [1.82, 2.24) is 0 Å². The van der Waals surface area contributed by atoms with E-state index >= 15 is 0 Å². The first kappa shape index (κ1) is 15.6. The summed E-state index contributed by atoms with van der Waals surface area (Å²) in [5.41, 5.74) is 0. The predicted molar refractivity (Wildman–Crippen MR) is 80.5 cm³/mol. The average molecular weight is 328 g/mol. The van der Waals surface area contributed by atoms with Gasteiger partial charge in [0, 0.05) is 0 Å². The minimum atomic E-state index is -3.78. The maximum absolute atomic E-state index is 11.2. The van der Waals surface area contributed by atoms with E-state index in [0.717, 1.165) is 5.75 Å². The summed E-state index contributed by atoms with van der Waals surface area (Å²) in [6.45, 7) is 2.48. The van der Waals surface area contributed by atoms with Crippen LogP contribution < -0.4 is 14.6 Å². The van der Waals surface area contributed by atoms with Crippen LogP contribution in [-0.4, -0.2) is 15.0 Å². The van der Waals surface area contributed by atoms with Crippen molar-refractivity contribution in [3.8, 4) is 17.2 Å². The first-order valence-electron chi connectivity index (χ1n) is 6.13. The van der Waals surface area contributed by atoms with E-state index in [1.807, 2.05) is 6.92 Å². The van der Waals surface area contributed by atoms with Gasteiger partial charge < -0.3 is 9.47 Å². The lowest BCUT2D eigenvalue weighted by molar-refractivity contribution is 0.339. The Labute approximate surface area is 128 Å². The molecule has 2 aromatic carbocycles. The Morgan fingerprint density at radius 3 is 2.24 bits per heavy atom. The zero-order valence-corrected chi connectivity index (χ0v) is 12.8. The third-order valence-electron chi connectivity index (χ3n) is 2.59. The summed E-state index contributed by atoms with van der Waals surface area (Å²) in [5, 5.41) is 5.19. The average Bonchev–Trinajstić information content (AvgIpc) is 2.42. The first-order chi connectivity index (χ1) is 9.90. The van der Waals surface area contributed by atoms with E-state index in [9.17, 15) is 8.42 Å². The number of ether oxygens (including phenoxy) is 2. The number of nitrogens with two attached hydrogens (primary N) is 1. The molecule has 2 aromatic rings. The van der Waals surface area contributed by atoms with E-state index < -0.39 is 10.0 Å². The maximum Gasteiger partial charge on any atom is 0.238 e. The second-order valence-electron chi connectivity index (χ2n) is 4.14. The Balaban J connectivity index is 2.20. The van der Waals surface area contributed by atoms with Crippen LogP contribution in [0.15, 0.2) is 47.4 Å². The lowest BCUT2D eigenvalue weighted by Gasteiger charge is -2.09. The molecule has 5 nitrogen and oxygen atoms in total. The molecule has 0 saturated heterocycles. The molecule has 0 heterocycles. The van der Waals surface area contributed by atoms with Crippen LogP contribution in [0.25, 0.3) is 0 Å². The minimum absolute atomic E-state index is 0.0634. The molecule has 0 aliphatic rings. The van der Waals surface area contributed by atoms with Crippen molar-refractivity contribution in [2.24, 2.45) is 5.14 Å². The molecule has 112 valence electrons. The van der Waals surface area contributed by atoms with Crippen molar-refractivity contribution >= 4 is 21.6 Å². The summed E-state index contributed by atoms with van der Waals surface area (Å²) in [6, 6.07) is 11.0. The molecule has 21 heavy (non-hydrogen) atoms. The highest BCUT2D eigenvalue weighted by Crippen LogP contribution is 2.31. The lowest BCUT2D eigenvalue weighted by atomic mass is 10.3. The van der Waals surface area contributed by atoms with Crippen LogP contribution in [0.4, 0.5) is 0 Å². The normalized spacial score (nSPS) is 11.2. The van der Waals surface area contributed by atoms with Crippen molar-refractivity contribution in [2.75, 3.05) is 6.61 Å². The van der Waals surface area contributed by atoms with Crippen LogP contribution in [0.5, 0.6) is 17.2 Å². The monoisotopic (exact) mass is 327 g/mol. The largest absolute Gasteiger partial charge is 0.494 e. The van der Waals surface area contributed by atoms with Gasteiger partial charge in [-0.1, -0.05) is 11.6 Å². The molecule has 0 aromatic heterocycles. The van der Waals surface area contributed by atoms with Gasteiger partial charge in [0.15, 0.2) is 0 Å². The van der Waals surface area contributed by atoms with Gasteiger partial charge >= 0.3 is 0 Å². The summed E-state index contributed by atoms with van der Waals surface area (Å²) in [4.78, 5) is -0.0634. The Morgan fingerprint density at radius 1 is 1.10 bits per heavy atom. The van der Waals surface area contributed by atoms with Crippen LogP contribution in [0.1, 0.15) is 6.92 Å². The lowest BCUT2D eigenvalue weighted by Crippen LogP contribution is -2.11. The van der Waals surface area contributed by atoms with Gasteiger partial charge in [0.1, 0.15) is 17.2 Å². The fraction of sp³-hybridized carbons (Fsp3) is 0.143. The van der Waals surface area contributed by atoms with Gasteiger partial charge in [0.05, 0.1) is 16.5 Å². The number of hydrogen-bond acceptors (Lipinski definition) is 4. The highest BCUT2D eigenvalue weighted by molar-refractivity contribution is 7.89. The van der Waals surface area contributed by atoms with E-state index in [-0.39, 0.29) is 9.92 Å². The molecule has 7 heteroatoms. The van der Waals surface area contributed by atoms with E-state index in [4.69, 9.17) is 26.2 Å². The second kappa shape index (κ2) is 6.34. The Morgan fingerprint density at radius 2 is 1.71 bits per heavy atom. The maximum atomic E-state index is 11.2. The topological polar surface area (TPSA) is 78.6 Å². The second-order valence-corrected chi connectivity index (χ2v) is 6.11. The molecule has 2 N–H and O–H groups in total. The minimum Gasteiger partial charge on any atom is -0.494 e. The van der Waals surface area contributed by atoms with E-state index in [2.05, 4.69) is 0 Å². The smallest absolute Gasteiger partial charge is 0.238 e. The van der Waals surface area contributed by atoms with Crippen molar-refractivity contribution in [3.05, 3.63) is 47.5 Å². The molecule has 0 spiro atoms. The van der Waals surface area contributed by atoms with Gasteiger partial charge in [-0.05, 0) is 49.4 Å². The first-order valence-corrected chi connectivity index (χ1v) is 8.05. The van der Waals surface area contributed by atoms with Crippen LogP contribution in [-0.2, 0) is 10.0 Å². The van der Waals surface area contributed by atoms with E-state index in [0.29, 0.717) is 18.1 Å². The summed E-state index contributed by atoms with van der Waals surface area (Å²) in [5.74, 6) is 1.64. The van der Waals surface area contributed by atoms with Gasteiger partial charge in [-0.3, -0.25) is 0 Å². The van der Waals surface area contributed by atoms with Crippen molar-refractivity contribution in [3.63, 3.8) is 0 Å². The molecule has 0 bridgehead atoms. The molecular weight excluding hydrogens is 314 g/mol. The van der Waals surface area contributed by atoms with Crippen molar-refractivity contribution in [1.29, 1.82) is 0 Å². The number of rotatable bonds is 5. The summed E-state index contributed by atoms with van der Waals surface area (Å²) in [6.07, 6.45) is 0. The molecule has 2 rings (SSSR count). The van der Waals surface area contributed by atoms with Crippen LogP contribution in [0, 0.1) is 0 Å². The molecular formula is C14H14ClNO4S. The van der Waals surface area contributed by atoms with Crippen molar-refractivity contribution in [2.45, 2.75) is 11.8 Å². The number of sulfonamides is 1. The fourth-order valence-electron chi connectivity index (χ4n) is 1.64. The van der Waals surface area contributed by atoms with E-state index in [1.54, 1.807) is 24.3 Å². The Kier molecular flexibility index (Phi) is 4.72. The molecule has 0 radical (unpaired) electrons. The molecule has 0 atom stereocenters. The molecule has 0 fully saturated rings. The summed E-state index contributed by atoms with van der Waals surface area (Å²) >= 11 is 6.00. The van der Waals surface area contributed by atoms with Gasteiger partial charge in [-0.2, -0.15) is 0 Å². The zero-order chi connectivity index (χ0) is 15.5.